The van der Waals surface area contributed by atoms with Crippen LogP contribution in [0.25, 0.3) is 11.5 Å². The molecule has 4 rings (SSSR count). The van der Waals surface area contributed by atoms with Crippen molar-refractivity contribution in [1.82, 2.24) is 10.1 Å². The first kappa shape index (κ1) is 18.7. The predicted molar refractivity (Wildman–Crippen MR) is 95.6 cm³/mol. The van der Waals surface area contributed by atoms with E-state index in [0.29, 0.717) is 22.6 Å². The number of aromatic nitrogens is 2. The normalized spacial score (nSPS) is 16.8. The van der Waals surface area contributed by atoms with Crippen molar-refractivity contribution in [3.8, 4) is 17.5 Å². The lowest BCUT2D eigenvalue weighted by Gasteiger charge is -2.17. The van der Waals surface area contributed by atoms with Crippen molar-refractivity contribution < 1.29 is 22.5 Å². The number of nitrogens with zero attached hydrogens (tertiary/aromatic N) is 4. The van der Waals surface area contributed by atoms with E-state index in [9.17, 15) is 18.0 Å². The maximum atomic E-state index is 12.7. The molecular formula is C20H13F3N4O2. The molecule has 1 aromatic heterocycles. The summed E-state index contributed by atoms with van der Waals surface area (Å²) in [6, 6.07) is 13.2. The molecule has 3 aromatic rings. The van der Waals surface area contributed by atoms with Crippen molar-refractivity contribution in [2.75, 3.05) is 11.4 Å². The molecule has 1 saturated heterocycles. The molecule has 9 heteroatoms. The van der Waals surface area contributed by atoms with Gasteiger partial charge in [-0.15, -0.1) is 0 Å². The second-order valence-corrected chi connectivity index (χ2v) is 6.60. The average Bonchev–Trinajstić information content (AvgIpc) is 3.34. The summed E-state index contributed by atoms with van der Waals surface area (Å²) >= 11 is 0. The van der Waals surface area contributed by atoms with Crippen LogP contribution >= 0.6 is 0 Å². The molecule has 0 N–H and O–H groups in total. The van der Waals surface area contributed by atoms with Gasteiger partial charge in [-0.05, 0) is 42.5 Å². The largest absolute Gasteiger partial charge is 0.416 e. The second kappa shape index (κ2) is 7.05. The smallest absolute Gasteiger partial charge is 0.334 e. The zero-order chi connectivity index (χ0) is 20.6. The Morgan fingerprint density at radius 2 is 1.93 bits per heavy atom. The Morgan fingerprint density at radius 3 is 2.62 bits per heavy atom. The number of carbonyl (C=O) groups excluding carboxylic acids is 1. The highest BCUT2D eigenvalue weighted by atomic mass is 19.4. The minimum Gasteiger partial charge on any atom is -0.334 e. The van der Waals surface area contributed by atoms with Gasteiger partial charge < -0.3 is 9.42 Å². The average molecular weight is 398 g/mol. The van der Waals surface area contributed by atoms with Gasteiger partial charge in [-0.25, -0.2) is 0 Å². The molecule has 1 fully saturated rings. The van der Waals surface area contributed by atoms with Crippen LogP contribution in [0.15, 0.2) is 53.1 Å². The Morgan fingerprint density at radius 1 is 1.17 bits per heavy atom. The summed E-state index contributed by atoms with van der Waals surface area (Å²) in [6.07, 6.45) is -4.31. The van der Waals surface area contributed by atoms with Crippen molar-refractivity contribution in [3.63, 3.8) is 0 Å². The molecule has 0 saturated carbocycles. The van der Waals surface area contributed by atoms with Gasteiger partial charge in [0, 0.05) is 30.1 Å². The minimum atomic E-state index is -4.43. The van der Waals surface area contributed by atoms with E-state index in [2.05, 4.69) is 10.1 Å². The van der Waals surface area contributed by atoms with Crippen molar-refractivity contribution >= 4 is 11.6 Å². The number of hydrogen-bond acceptors (Lipinski definition) is 5. The van der Waals surface area contributed by atoms with E-state index in [0.717, 1.165) is 12.1 Å². The van der Waals surface area contributed by atoms with Crippen LogP contribution in [0.3, 0.4) is 0 Å². The first-order valence-electron chi connectivity index (χ1n) is 8.67. The lowest BCUT2D eigenvalue weighted by molar-refractivity contribution is -0.137. The molecule has 2 heterocycles. The Labute approximate surface area is 163 Å². The van der Waals surface area contributed by atoms with Crippen molar-refractivity contribution in [3.05, 3.63) is 65.5 Å². The molecule has 1 aliphatic rings. The number of alkyl halides is 3. The van der Waals surface area contributed by atoms with Gasteiger partial charge in [0.05, 0.1) is 17.2 Å². The maximum absolute atomic E-state index is 12.7. The van der Waals surface area contributed by atoms with Gasteiger partial charge in [-0.2, -0.15) is 23.4 Å². The first-order chi connectivity index (χ1) is 13.8. The molecule has 0 radical (unpaired) electrons. The third kappa shape index (κ3) is 3.69. The molecule has 0 aliphatic carbocycles. The van der Waals surface area contributed by atoms with Crippen LogP contribution in [-0.4, -0.2) is 22.6 Å². The lowest BCUT2D eigenvalue weighted by Crippen LogP contribution is -2.24. The van der Waals surface area contributed by atoms with Crippen LogP contribution in [0.5, 0.6) is 0 Å². The van der Waals surface area contributed by atoms with Crippen LogP contribution < -0.4 is 4.90 Å². The summed E-state index contributed by atoms with van der Waals surface area (Å²) in [4.78, 5) is 18.1. The van der Waals surface area contributed by atoms with Crippen LogP contribution in [-0.2, 0) is 11.0 Å². The van der Waals surface area contributed by atoms with E-state index in [-0.39, 0.29) is 30.7 Å². The zero-order valence-corrected chi connectivity index (χ0v) is 14.8. The van der Waals surface area contributed by atoms with Gasteiger partial charge in [0.1, 0.15) is 0 Å². The Kier molecular flexibility index (Phi) is 4.54. The summed E-state index contributed by atoms with van der Waals surface area (Å²) in [7, 11) is 0. The Balaban J connectivity index is 1.53. The quantitative estimate of drug-likeness (QED) is 0.662. The number of hydrogen-bond donors (Lipinski definition) is 0. The predicted octanol–water partition coefficient (Wildman–Crippen LogP) is 4.15. The molecule has 1 unspecified atom stereocenters. The minimum absolute atomic E-state index is 0.123. The summed E-state index contributed by atoms with van der Waals surface area (Å²) in [5.41, 5.74) is 0.654. The highest BCUT2D eigenvalue weighted by Gasteiger charge is 2.35. The van der Waals surface area contributed by atoms with Crippen molar-refractivity contribution in [2.24, 2.45) is 0 Å². The maximum Gasteiger partial charge on any atom is 0.416 e. The monoisotopic (exact) mass is 398 g/mol. The molecule has 1 amide bonds. The topological polar surface area (TPSA) is 83.0 Å². The third-order valence-electron chi connectivity index (χ3n) is 4.68. The Hall–Kier alpha value is -3.67. The molecule has 1 atom stereocenters. The SMILES string of the molecule is N#Cc1cccc(-c2nc(C3CC(=O)N(c4ccc(C(F)(F)F)cc4)C3)no2)c1. The van der Waals surface area contributed by atoms with Gasteiger partial charge in [0.2, 0.25) is 5.91 Å². The highest BCUT2D eigenvalue weighted by molar-refractivity contribution is 5.96. The summed E-state index contributed by atoms with van der Waals surface area (Å²) in [6.45, 7) is 0.238. The summed E-state index contributed by atoms with van der Waals surface area (Å²) in [5.74, 6) is -0.00307. The molecule has 2 aromatic carbocycles. The molecule has 6 nitrogen and oxygen atoms in total. The number of amides is 1. The van der Waals surface area contributed by atoms with E-state index in [1.165, 1.54) is 17.0 Å². The van der Waals surface area contributed by atoms with Gasteiger partial charge in [0.25, 0.3) is 5.89 Å². The number of anilines is 1. The number of carbonyl (C=O) groups is 1. The lowest BCUT2D eigenvalue weighted by atomic mass is 10.1. The molecule has 0 spiro atoms. The summed E-state index contributed by atoms with van der Waals surface area (Å²) in [5, 5.41) is 12.9. The number of halogens is 3. The van der Waals surface area contributed by atoms with E-state index >= 15 is 0 Å². The van der Waals surface area contributed by atoms with E-state index in [1.807, 2.05) is 6.07 Å². The fraction of sp³-hybridized carbons (Fsp3) is 0.200. The molecule has 29 heavy (non-hydrogen) atoms. The molecule has 1 aliphatic heterocycles. The van der Waals surface area contributed by atoms with Crippen molar-refractivity contribution in [2.45, 2.75) is 18.5 Å². The van der Waals surface area contributed by atoms with Crippen LogP contribution in [0, 0.1) is 11.3 Å². The standard InChI is InChI=1S/C20H13F3N4O2/c21-20(22,23)15-4-6-16(7-5-15)27-11-14(9-17(27)28)18-25-19(29-26-18)13-3-1-2-12(8-13)10-24/h1-8,14H,9,11H2. The van der Waals surface area contributed by atoms with Crippen molar-refractivity contribution in [1.29, 1.82) is 5.26 Å². The van der Waals surface area contributed by atoms with Crippen LogP contribution in [0.1, 0.15) is 29.3 Å². The fourth-order valence-electron chi connectivity index (χ4n) is 3.20. The zero-order valence-electron chi connectivity index (χ0n) is 14.8. The number of nitriles is 1. The number of benzene rings is 2. The van der Waals surface area contributed by atoms with E-state index in [1.54, 1.807) is 24.3 Å². The first-order valence-corrected chi connectivity index (χ1v) is 8.67. The van der Waals surface area contributed by atoms with Gasteiger partial charge in [0.15, 0.2) is 5.82 Å². The van der Waals surface area contributed by atoms with E-state index in [4.69, 9.17) is 9.78 Å². The number of rotatable bonds is 3. The second-order valence-electron chi connectivity index (χ2n) is 6.60. The van der Waals surface area contributed by atoms with Gasteiger partial charge in [-0.3, -0.25) is 4.79 Å². The van der Waals surface area contributed by atoms with Gasteiger partial charge in [-0.1, -0.05) is 11.2 Å². The Bertz CT molecular complexity index is 1100. The van der Waals surface area contributed by atoms with Crippen LogP contribution in [0.4, 0.5) is 18.9 Å². The van der Waals surface area contributed by atoms with E-state index < -0.39 is 11.7 Å². The third-order valence-corrected chi connectivity index (χ3v) is 4.68. The molecular weight excluding hydrogens is 385 g/mol. The molecule has 0 bridgehead atoms. The summed E-state index contributed by atoms with van der Waals surface area (Å²) < 4.78 is 43.4. The van der Waals surface area contributed by atoms with Crippen LogP contribution in [0.2, 0.25) is 0 Å². The molecule has 146 valence electrons. The fourth-order valence-corrected chi connectivity index (χ4v) is 3.20. The van der Waals surface area contributed by atoms with Gasteiger partial charge >= 0.3 is 6.18 Å². The highest BCUT2D eigenvalue weighted by Crippen LogP contribution is 2.34.